The zero-order valence-corrected chi connectivity index (χ0v) is 20.2. The van der Waals surface area contributed by atoms with Crippen LogP contribution in [-0.2, 0) is 11.3 Å². The van der Waals surface area contributed by atoms with Crippen LogP contribution in [0.3, 0.4) is 0 Å². The van der Waals surface area contributed by atoms with E-state index in [-0.39, 0.29) is 55.1 Å². The molecule has 192 valence electrons. The van der Waals surface area contributed by atoms with E-state index in [4.69, 9.17) is 14.2 Å². The minimum absolute atomic E-state index is 0.0635. The topological polar surface area (TPSA) is 123 Å². The fourth-order valence-corrected chi connectivity index (χ4v) is 4.44. The molecule has 0 bridgehead atoms. The van der Waals surface area contributed by atoms with Crippen molar-refractivity contribution in [1.82, 2.24) is 9.55 Å². The first kappa shape index (κ1) is 25.4. The Kier molecular flexibility index (Phi) is 7.41. The van der Waals surface area contributed by atoms with Gasteiger partial charge in [0.05, 0.1) is 51.5 Å². The molecule has 0 amide bonds. The number of aromatic nitrogens is 2. The predicted molar refractivity (Wildman–Crippen MR) is 129 cm³/mol. The van der Waals surface area contributed by atoms with E-state index < -0.39 is 29.4 Å². The average Bonchev–Trinajstić information content (AvgIpc) is 3.26. The molecule has 3 heterocycles. The van der Waals surface area contributed by atoms with Crippen LogP contribution in [0.2, 0.25) is 0 Å². The highest BCUT2D eigenvalue weighted by molar-refractivity contribution is 5.93. The number of benzene rings is 1. The van der Waals surface area contributed by atoms with Crippen LogP contribution in [0.1, 0.15) is 29.3 Å². The van der Waals surface area contributed by atoms with Crippen LogP contribution in [-0.4, -0.2) is 71.9 Å². The zero-order chi connectivity index (χ0) is 26.0. The minimum atomic E-state index is -0.827. The number of hydrogen-bond acceptors (Lipinski definition) is 9. The molecule has 2 N–H and O–H groups in total. The number of pyridine rings is 2. The molecule has 1 fully saturated rings. The summed E-state index contributed by atoms with van der Waals surface area (Å²) in [4.78, 5) is 31.6. The summed E-state index contributed by atoms with van der Waals surface area (Å²) >= 11 is 0. The van der Waals surface area contributed by atoms with Crippen LogP contribution < -0.4 is 19.8 Å². The Morgan fingerprint density at radius 2 is 2.03 bits per heavy atom. The van der Waals surface area contributed by atoms with Gasteiger partial charge in [-0.05, 0) is 31.5 Å². The highest BCUT2D eigenvalue weighted by Gasteiger charge is 2.33. The van der Waals surface area contributed by atoms with Crippen molar-refractivity contribution in [1.29, 1.82) is 0 Å². The standard InChI is InChI=1S/C25H28FN3O7/c1-4-36-25(33)19-12-28(10-14-5-6-17(34-2)8-21(14)35-3)23-18(22(19)32)9-20(26)24(27-23)29-11-16(31)7-15(29)13-30/h5-6,8-9,12,15-16,30-31H,4,7,10-11,13H2,1-3H3/t15-,16+/m0/s1. The first-order valence-corrected chi connectivity index (χ1v) is 11.5. The molecule has 0 spiro atoms. The Labute approximate surface area is 206 Å². The number of carbonyl (C=O) groups excluding carboxylic acids is 1. The summed E-state index contributed by atoms with van der Waals surface area (Å²) in [6.45, 7) is 1.59. The first-order valence-electron chi connectivity index (χ1n) is 11.5. The number of nitrogens with zero attached hydrogens (tertiary/aromatic N) is 3. The van der Waals surface area contributed by atoms with E-state index in [1.54, 1.807) is 29.7 Å². The van der Waals surface area contributed by atoms with E-state index in [1.807, 2.05) is 0 Å². The fraction of sp³-hybridized carbons (Fsp3) is 0.400. The third-order valence-corrected chi connectivity index (χ3v) is 6.19. The second-order valence-corrected chi connectivity index (χ2v) is 8.44. The summed E-state index contributed by atoms with van der Waals surface area (Å²) in [5.74, 6) is -0.646. The quantitative estimate of drug-likeness (QED) is 0.444. The van der Waals surface area contributed by atoms with Crippen molar-refractivity contribution in [2.45, 2.75) is 32.0 Å². The molecule has 10 nitrogen and oxygen atoms in total. The molecule has 1 aromatic carbocycles. The van der Waals surface area contributed by atoms with Crippen molar-refractivity contribution in [3.8, 4) is 11.5 Å². The largest absolute Gasteiger partial charge is 0.497 e. The molecule has 0 saturated carbocycles. The lowest BCUT2D eigenvalue weighted by Crippen LogP contribution is -2.34. The molecule has 11 heteroatoms. The third-order valence-electron chi connectivity index (χ3n) is 6.19. The van der Waals surface area contributed by atoms with Crippen molar-refractivity contribution in [2.24, 2.45) is 0 Å². The molecule has 1 aliphatic rings. The van der Waals surface area contributed by atoms with Gasteiger partial charge in [0.25, 0.3) is 0 Å². The van der Waals surface area contributed by atoms with Gasteiger partial charge in [-0.25, -0.2) is 14.2 Å². The first-order chi connectivity index (χ1) is 17.3. The maximum Gasteiger partial charge on any atom is 0.343 e. The summed E-state index contributed by atoms with van der Waals surface area (Å²) in [6, 6.07) is 5.71. The normalized spacial score (nSPS) is 17.4. The molecule has 4 rings (SSSR count). The molecule has 2 aromatic heterocycles. The van der Waals surface area contributed by atoms with Gasteiger partial charge in [0, 0.05) is 24.4 Å². The Morgan fingerprint density at radius 3 is 2.69 bits per heavy atom. The molecule has 0 radical (unpaired) electrons. The maximum atomic E-state index is 15.3. The molecule has 36 heavy (non-hydrogen) atoms. The Bertz CT molecular complexity index is 1340. The van der Waals surface area contributed by atoms with Gasteiger partial charge in [-0.2, -0.15) is 0 Å². The molecule has 1 saturated heterocycles. The van der Waals surface area contributed by atoms with Gasteiger partial charge in [-0.15, -0.1) is 0 Å². The lowest BCUT2D eigenvalue weighted by atomic mass is 10.1. The highest BCUT2D eigenvalue weighted by Crippen LogP contribution is 2.30. The van der Waals surface area contributed by atoms with Crippen LogP contribution in [0, 0.1) is 5.82 Å². The number of halogens is 1. The van der Waals surface area contributed by atoms with Gasteiger partial charge in [0.15, 0.2) is 11.6 Å². The van der Waals surface area contributed by atoms with Crippen LogP contribution >= 0.6 is 0 Å². The van der Waals surface area contributed by atoms with E-state index in [2.05, 4.69) is 4.98 Å². The highest BCUT2D eigenvalue weighted by atomic mass is 19.1. The van der Waals surface area contributed by atoms with Gasteiger partial charge in [-0.3, -0.25) is 4.79 Å². The molecule has 0 aliphatic carbocycles. The third kappa shape index (κ3) is 4.71. The Morgan fingerprint density at radius 1 is 1.25 bits per heavy atom. The fourth-order valence-electron chi connectivity index (χ4n) is 4.44. The summed E-state index contributed by atoms with van der Waals surface area (Å²) in [7, 11) is 3.04. The van der Waals surface area contributed by atoms with E-state index in [1.165, 1.54) is 25.3 Å². The van der Waals surface area contributed by atoms with E-state index >= 15 is 4.39 Å². The summed E-state index contributed by atoms with van der Waals surface area (Å²) < 4.78 is 32.6. The second-order valence-electron chi connectivity index (χ2n) is 8.44. The number of rotatable bonds is 8. The lowest BCUT2D eigenvalue weighted by molar-refractivity contribution is 0.0524. The Balaban J connectivity index is 1.92. The monoisotopic (exact) mass is 501 g/mol. The Hall–Kier alpha value is -3.70. The van der Waals surface area contributed by atoms with Crippen LogP contribution in [0.25, 0.3) is 11.0 Å². The lowest BCUT2D eigenvalue weighted by Gasteiger charge is -2.25. The average molecular weight is 502 g/mol. The van der Waals surface area contributed by atoms with Crippen molar-refractivity contribution >= 4 is 22.8 Å². The van der Waals surface area contributed by atoms with E-state index in [9.17, 15) is 19.8 Å². The van der Waals surface area contributed by atoms with Crippen molar-refractivity contribution < 1.29 is 33.6 Å². The molecule has 1 aliphatic heterocycles. The molecule has 2 atom stereocenters. The smallest absolute Gasteiger partial charge is 0.343 e. The van der Waals surface area contributed by atoms with Crippen LogP contribution in [0.4, 0.5) is 10.2 Å². The number of β-amino-alcohol motifs (C(OH)–C–C–N with tert-alkyl or cyclic N) is 1. The van der Waals surface area contributed by atoms with E-state index in [0.29, 0.717) is 17.1 Å². The van der Waals surface area contributed by atoms with Gasteiger partial charge < -0.3 is 33.9 Å². The van der Waals surface area contributed by atoms with Crippen LogP contribution in [0.5, 0.6) is 11.5 Å². The number of fused-ring (bicyclic) bond motifs is 1. The number of hydrogen-bond donors (Lipinski definition) is 2. The summed E-state index contributed by atoms with van der Waals surface area (Å²) in [5.41, 5.74) is -0.147. The van der Waals surface area contributed by atoms with Crippen molar-refractivity contribution in [3.05, 3.63) is 57.6 Å². The number of aliphatic hydroxyl groups is 2. The summed E-state index contributed by atoms with van der Waals surface area (Å²) in [6.07, 6.45) is 0.840. The zero-order valence-electron chi connectivity index (χ0n) is 20.2. The van der Waals surface area contributed by atoms with Gasteiger partial charge >= 0.3 is 5.97 Å². The molecular weight excluding hydrogens is 473 g/mol. The van der Waals surface area contributed by atoms with Crippen molar-refractivity contribution in [3.63, 3.8) is 0 Å². The number of carbonyl (C=O) groups is 1. The van der Waals surface area contributed by atoms with Crippen molar-refractivity contribution in [2.75, 3.05) is 38.9 Å². The van der Waals surface area contributed by atoms with Gasteiger partial charge in [0.1, 0.15) is 22.7 Å². The number of anilines is 1. The number of methoxy groups -OCH3 is 2. The second kappa shape index (κ2) is 10.5. The van der Waals surface area contributed by atoms with Gasteiger partial charge in [0.2, 0.25) is 5.43 Å². The van der Waals surface area contributed by atoms with Gasteiger partial charge in [-0.1, -0.05) is 0 Å². The number of aliphatic hydroxyl groups excluding tert-OH is 2. The predicted octanol–water partition coefficient (Wildman–Crippen LogP) is 1.71. The molecule has 3 aromatic rings. The number of esters is 1. The van der Waals surface area contributed by atoms with Crippen LogP contribution in [0.15, 0.2) is 35.3 Å². The summed E-state index contributed by atoms with van der Waals surface area (Å²) in [5, 5.41) is 19.7. The minimum Gasteiger partial charge on any atom is -0.497 e. The molecular formula is C25H28FN3O7. The number of ether oxygens (including phenoxy) is 3. The molecule has 0 unspecified atom stereocenters. The SMILES string of the molecule is CCOC(=O)c1cn(Cc2ccc(OC)cc2OC)c2nc(N3C[C@H](O)C[C@H]3CO)c(F)cc2c1=O. The maximum absolute atomic E-state index is 15.3. The van der Waals surface area contributed by atoms with E-state index in [0.717, 1.165) is 6.07 Å².